The Morgan fingerprint density at radius 2 is 2.05 bits per heavy atom. The summed E-state index contributed by atoms with van der Waals surface area (Å²) in [6.07, 6.45) is 0.687. The number of aliphatic imine (C=N–C) groups is 1. The quantitative estimate of drug-likeness (QED) is 0.611. The molecule has 1 aliphatic rings. The van der Waals surface area contributed by atoms with Crippen molar-refractivity contribution in [2.45, 2.75) is 25.8 Å². The first kappa shape index (κ1) is 13.3. The lowest BCUT2D eigenvalue weighted by Gasteiger charge is -2.14. The Morgan fingerprint density at radius 3 is 2.68 bits per heavy atom. The predicted octanol–water partition coefficient (Wildman–Crippen LogP) is 1.70. The summed E-state index contributed by atoms with van der Waals surface area (Å²) in [4.78, 5) is 27.8. The number of cyclic esters (lactones) is 1. The molecule has 0 saturated carbocycles. The van der Waals surface area contributed by atoms with Crippen LogP contribution >= 0.6 is 0 Å². The van der Waals surface area contributed by atoms with Crippen molar-refractivity contribution >= 4 is 17.8 Å². The lowest BCUT2D eigenvalue weighted by Crippen LogP contribution is -2.41. The molecule has 1 atom stereocenters. The Balaban J connectivity index is 2.25. The average molecular weight is 261 g/mol. The molecule has 0 N–H and O–H groups in total. The number of ether oxygens (including phenoxy) is 2. The maximum Gasteiger partial charge on any atom is 0.352 e. The van der Waals surface area contributed by atoms with E-state index >= 15 is 0 Å². The van der Waals surface area contributed by atoms with Gasteiger partial charge in [0, 0.05) is 5.56 Å². The molecule has 19 heavy (non-hydrogen) atoms. The summed E-state index contributed by atoms with van der Waals surface area (Å²) in [5, 5.41) is 0. The molecule has 0 radical (unpaired) electrons. The van der Waals surface area contributed by atoms with E-state index in [1.165, 1.54) is 6.92 Å². The van der Waals surface area contributed by atoms with Crippen LogP contribution in [0.4, 0.5) is 0 Å². The third-order valence-corrected chi connectivity index (χ3v) is 2.77. The van der Waals surface area contributed by atoms with Gasteiger partial charge in [0.15, 0.2) is 0 Å². The number of esters is 2. The summed E-state index contributed by atoms with van der Waals surface area (Å²) < 4.78 is 10.1. The van der Waals surface area contributed by atoms with Gasteiger partial charge in [-0.25, -0.2) is 14.6 Å². The average Bonchev–Trinajstić information content (AvgIpc) is 2.74. The van der Waals surface area contributed by atoms with Crippen molar-refractivity contribution in [3.63, 3.8) is 0 Å². The van der Waals surface area contributed by atoms with Crippen molar-refractivity contribution in [1.29, 1.82) is 0 Å². The van der Waals surface area contributed by atoms with E-state index in [0.29, 0.717) is 12.0 Å². The highest BCUT2D eigenvalue weighted by Gasteiger charge is 2.50. The molecule has 0 aromatic heterocycles. The van der Waals surface area contributed by atoms with Gasteiger partial charge in [-0.3, -0.25) is 0 Å². The summed E-state index contributed by atoms with van der Waals surface area (Å²) in [7, 11) is 0. The fourth-order valence-corrected chi connectivity index (χ4v) is 1.63. The molecule has 0 aliphatic carbocycles. The van der Waals surface area contributed by atoms with Crippen LogP contribution in [-0.2, 0) is 19.1 Å². The first-order valence-corrected chi connectivity index (χ1v) is 6.12. The molecular formula is C14H15NO4. The van der Waals surface area contributed by atoms with Gasteiger partial charge in [0.25, 0.3) is 5.54 Å². The largest absolute Gasteiger partial charge is 0.463 e. The van der Waals surface area contributed by atoms with Crippen LogP contribution in [0, 0.1) is 0 Å². The van der Waals surface area contributed by atoms with Gasteiger partial charge in [-0.2, -0.15) is 0 Å². The Morgan fingerprint density at radius 1 is 1.37 bits per heavy atom. The SMILES string of the molecule is CCCOC(=O)[C@@]1(C)N=C(c2ccccc2)OC1=O. The van der Waals surface area contributed by atoms with Crippen LogP contribution in [-0.4, -0.2) is 30.0 Å². The number of carbonyl (C=O) groups is 2. The fraction of sp³-hybridized carbons (Fsp3) is 0.357. The molecule has 1 aromatic carbocycles. The van der Waals surface area contributed by atoms with Crippen LogP contribution in [0.1, 0.15) is 25.8 Å². The number of nitrogens with zero attached hydrogens (tertiary/aromatic N) is 1. The summed E-state index contributed by atoms with van der Waals surface area (Å²) >= 11 is 0. The monoisotopic (exact) mass is 261 g/mol. The van der Waals surface area contributed by atoms with Gasteiger partial charge in [-0.05, 0) is 25.5 Å². The molecule has 0 amide bonds. The first-order chi connectivity index (χ1) is 9.08. The van der Waals surface area contributed by atoms with E-state index in [1.54, 1.807) is 24.3 Å². The van der Waals surface area contributed by atoms with Gasteiger partial charge in [-0.15, -0.1) is 0 Å². The molecule has 0 spiro atoms. The van der Waals surface area contributed by atoms with Gasteiger partial charge in [0.1, 0.15) is 0 Å². The van der Waals surface area contributed by atoms with Gasteiger partial charge in [-0.1, -0.05) is 25.1 Å². The fourth-order valence-electron chi connectivity index (χ4n) is 1.63. The van der Waals surface area contributed by atoms with Crippen LogP contribution in [0.3, 0.4) is 0 Å². The second-order valence-electron chi connectivity index (χ2n) is 4.38. The molecule has 0 unspecified atom stereocenters. The summed E-state index contributed by atoms with van der Waals surface area (Å²) in [5.74, 6) is -1.22. The number of hydrogen-bond donors (Lipinski definition) is 0. The highest BCUT2D eigenvalue weighted by molar-refractivity contribution is 6.16. The van der Waals surface area contributed by atoms with E-state index in [2.05, 4.69) is 4.99 Å². The third-order valence-electron chi connectivity index (χ3n) is 2.77. The molecule has 1 heterocycles. The van der Waals surface area contributed by atoms with Crippen LogP contribution in [0.15, 0.2) is 35.3 Å². The third kappa shape index (κ3) is 2.50. The standard InChI is InChI=1S/C14H15NO4/c1-3-9-18-12(16)14(2)13(17)19-11(15-14)10-7-5-4-6-8-10/h4-8H,3,9H2,1-2H3/t14-/m1/s1. The van der Waals surface area contributed by atoms with E-state index in [0.717, 1.165) is 0 Å². The molecular weight excluding hydrogens is 246 g/mol. The molecule has 1 aromatic rings. The van der Waals surface area contributed by atoms with Crippen molar-refractivity contribution in [3.05, 3.63) is 35.9 Å². The lowest BCUT2D eigenvalue weighted by molar-refractivity contribution is -0.157. The van der Waals surface area contributed by atoms with Crippen molar-refractivity contribution < 1.29 is 19.1 Å². The zero-order chi connectivity index (χ0) is 13.9. The number of hydrogen-bond acceptors (Lipinski definition) is 5. The summed E-state index contributed by atoms with van der Waals surface area (Å²) in [5.41, 5.74) is -0.941. The Bertz CT molecular complexity index is 524. The second kappa shape index (κ2) is 5.22. The molecule has 5 heteroatoms. The topological polar surface area (TPSA) is 65.0 Å². The van der Waals surface area contributed by atoms with Crippen LogP contribution in [0.5, 0.6) is 0 Å². The molecule has 100 valence electrons. The summed E-state index contributed by atoms with van der Waals surface area (Å²) in [6.45, 7) is 3.54. The molecule has 5 nitrogen and oxygen atoms in total. The zero-order valence-electron chi connectivity index (χ0n) is 10.9. The molecule has 0 fully saturated rings. The zero-order valence-corrected chi connectivity index (χ0v) is 10.9. The van der Waals surface area contributed by atoms with Crippen molar-refractivity contribution in [3.8, 4) is 0 Å². The van der Waals surface area contributed by atoms with E-state index in [-0.39, 0.29) is 12.5 Å². The number of benzene rings is 1. The first-order valence-electron chi connectivity index (χ1n) is 6.12. The Hall–Kier alpha value is -2.17. The second-order valence-corrected chi connectivity index (χ2v) is 4.38. The number of carbonyl (C=O) groups excluding carboxylic acids is 2. The lowest BCUT2D eigenvalue weighted by atomic mass is 10.1. The Labute approximate surface area is 111 Å². The summed E-state index contributed by atoms with van der Waals surface area (Å²) in [6, 6.07) is 8.97. The normalized spacial score (nSPS) is 21.8. The van der Waals surface area contributed by atoms with Crippen LogP contribution < -0.4 is 0 Å². The minimum atomic E-state index is -1.60. The van der Waals surface area contributed by atoms with Crippen molar-refractivity contribution in [1.82, 2.24) is 0 Å². The van der Waals surface area contributed by atoms with Crippen molar-refractivity contribution in [2.75, 3.05) is 6.61 Å². The molecule has 0 bridgehead atoms. The van der Waals surface area contributed by atoms with Gasteiger partial charge >= 0.3 is 11.9 Å². The van der Waals surface area contributed by atoms with Crippen LogP contribution in [0.25, 0.3) is 0 Å². The molecule has 1 aliphatic heterocycles. The maximum absolute atomic E-state index is 11.9. The van der Waals surface area contributed by atoms with Gasteiger partial charge in [0.2, 0.25) is 5.90 Å². The van der Waals surface area contributed by atoms with Gasteiger partial charge in [0.05, 0.1) is 6.61 Å². The smallest absolute Gasteiger partial charge is 0.352 e. The highest BCUT2D eigenvalue weighted by atomic mass is 16.6. The minimum Gasteiger partial charge on any atom is -0.463 e. The van der Waals surface area contributed by atoms with E-state index < -0.39 is 17.5 Å². The highest BCUT2D eigenvalue weighted by Crippen LogP contribution is 2.24. The number of rotatable bonds is 4. The molecule has 0 saturated heterocycles. The van der Waals surface area contributed by atoms with E-state index in [1.807, 2.05) is 13.0 Å². The van der Waals surface area contributed by atoms with Gasteiger partial charge < -0.3 is 9.47 Å². The Kier molecular flexibility index (Phi) is 3.64. The van der Waals surface area contributed by atoms with E-state index in [4.69, 9.17) is 9.47 Å². The van der Waals surface area contributed by atoms with Crippen LogP contribution in [0.2, 0.25) is 0 Å². The minimum absolute atomic E-state index is 0.154. The predicted molar refractivity (Wildman–Crippen MR) is 68.7 cm³/mol. The molecule has 2 rings (SSSR count). The van der Waals surface area contributed by atoms with Crippen molar-refractivity contribution in [2.24, 2.45) is 4.99 Å². The maximum atomic E-state index is 11.9. The van der Waals surface area contributed by atoms with E-state index in [9.17, 15) is 9.59 Å².